The molecule has 0 saturated carbocycles. The number of ether oxygens (including phenoxy) is 2. The van der Waals surface area contributed by atoms with Gasteiger partial charge in [-0.1, -0.05) is 38.5 Å². The van der Waals surface area contributed by atoms with E-state index >= 15 is 0 Å². The van der Waals surface area contributed by atoms with Gasteiger partial charge in [0.15, 0.2) is 0 Å². The maximum absolute atomic E-state index is 11.3. The number of amides is 1. The number of nitrogens with zero attached hydrogens (tertiary/aromatic N) is 6. The predicted molar refractivity (Wildman–Crippen MR) is 194 cm³/mol. The first-order chi connectivity index (χ1) is 22.3. The minimum Gasteiger partial charge on any atom is -0.478 e. The normalized spacial score (nSPS) is 19.7. The molecule has 0 aliphatic carbocycles. The summed E-state index contributed by atoms with van der Waals surface area (Å²) in [5.41, 5.74) is 0.331. The van der Waals surface area contributed by atoms with Gasteiger partial charge < -0.3 is 34.3 Å². The zero-order chi connectivity index (χ0) is 34.6. The lowest BCUT2D eigenvalue weighted by Crippen LogP contribution is -2.48. The second-order valence-electron chi connectivity index (χ2n) is 10.6. The number of thioether (sulfide) groups is 1. The molecule has 11 nitrogen and oxygen atoms in total. The Bertz CT molecular complexity index is 970. The average molecular weight is 665 g/mol. The van der Waals surface area contributed by atoms with E-state index in [0.29, 0.717) is 24.3 Å². The number of methoxy groups -OCH3 is 1. The Balaban J connectivity index is 0.000000636. The van der Waals surface area contributed by atoms with Crippen molar-refractivity contribution in [3.05, 3.63) is 35.9 Å². The molecule has 3 aliphatic heterocycles. The first kappa shape index (κ1) is 43.0. The number of likely N-dealkylation sites (tertiary alicyclic amines) is 2. The molecule has 0 bridgehead atoms. The summed E-state index contributed by atoms with van der Waals surface area (Å²) >= 11 is 1.84. The standard InChI is InChI=1S/C12H22N2O2.C11H21N3OS.C7H6O2.C2H5N.C2H6/c1-16-12(15)14-9-5-11(6-10-14)13-7-3-2-4-8-13;1-12-6-7-13-9-14(2)11-5-4-10(15-11)8-16-3;8-7(9)6-4-2-1-3-5-6;1-3-2;1-2/h11H,2-10H2,1H3;6,9-11H,4-5,7-8H2,1-3H3;1-5H,(H,8,9);1H2,2H3;1-2H3. The second-order valence-corrected chi connectivity index (χ2v) is 11.5. The summed E-state index contributed by atoms with van der Waals surface area (Å²) in [6.45, 7) is 12.0. The van der Waals surface area contributed by atoms with E-state index in [4.69, 9.17) is 14.6 Å². The Kier molecular flexibility index (Phi) is 26.5. The fourth-order valence-electron chi connectivity index (χ4n) is 5.08. The molecular formula is C34H60N6O5S. The van der Waals surface area contributed by atoms with Crippen LogP contribution in [0.3, 0.4) is 0 Å². The number of carbonyl (C=O) groups excluding carboxylic acids is 1. The van der Waals surface area contributed by atoms with Gasteiger partial charge in [0.2, 0.25) is 0 Å². The zero-order valence-corrected chi connectivity index (χ0v) is 30.2. The van der Waals surface area contributed by atoms with E-state index in [9.17, 15) is 9.59 Å². The fraction of sp³-hybridized carbons (Fsp3) is 0.676. The van der Waals surface area contributed by atoms with Crippen LogP contribution < -0.4 is 0 Å². The maximum Gasteiger partial charge on any atom is 0.409 e. The van der Waals surface area contributed by atoms with Crippen molar-refractivity contribution in [1.82, 2.24) is 14.7 Å². The average Bonchev–Trinajstić information content (AvgIpc) is 3.58. The third-order valence-corrected chi connectivity index (χ3v) is 8.06. The van der Waals surface area contributed by atoms with Crippen molar-refractivity contribution in [2.24, 2.45) is 15.0 Å². The molecule has 1 N–H and O–H groups in total. The lowest BCUT2D eigenvalue weighted by atomic mass is 10.0. The highest BCUT2D eigenvalue weighted by atomic mass is 32.2. The number of carbonyl (C=O) groups is 2. The van der Waals surface area contributed by atoms with Crippen LogP contribution in [0.2, 0.25) is 0 Å². The topological polar surface area (TPSA) is 120 Å². The molecule has 1 amide bonds. The molecule has 2 unspecified atom stereocenters. The number of aromatic carboxylic acids is 1. The Morgan fingerprint density at radius 2 is 1.67 bits per heavy atom. The molecule has 46 heavy (non-hydrogen) atoms. The van der Waals surface area contributed by atoms with Crippen molar-refractivity contribution in [1.29, 1.82) is 0 Å². The van der Waals surface area contributed by atoms with E-state index in [1.165, 1.54) is 39.5 Å². The molecule has 12 heteroatoms. The van der Waals surface area contributed by atoms with Gasteiger partial charge in [0.05, 0.1) is 31.7 Å². The number of aliphatic imine (C=N–C) groups is 3. The minimum absolute atomic E-state index is 0.169. The molecule has 0 spiro atoms. The van der Waals surface area contributed by atoms with Crippen molar-refractivity contribution >= 4 is 43.1 Å². The number of hydrogen-bond acceptors (Lipinski definition) is 9. The molecule has 3 aliphatic rings. The Morgan fingerprint density at radius 1 is 1.07 bits per heavy atom. The number of rotatable bonds is 8. The van der Waals surface area contributed by atoms with E-state index in [2.05, 4.69) is 32.9 Å². The van der Waals surface area contributed by atoms with Crippen LogP contribution in [0.15, 0.2) is 45.3 Å². The first-order valence-electron chi connectivity index (χ1n) is 16.3. The number of piperidine rings is 2. The molecule has 4 rings (SSSR count). The lowest BCUT2D eigenvalue weighted by Gasteiger charge is -2.39. The Labute approximate surface area is 282 Å². The summed E-state index contributed by atoms with van der Waals surface area (Å²) in [6, 6.07) is 8.99. The van der Waals surface area contributed by atoms with Crippen LogP contribution in [0.5, 0.6) is 0 Å². The highest BCUT2D eigenvalue weighted by Gasteiger charge is 2.28. The zero-order valence-electron chi connectivity index (χ0n) is 29.3. The van der Waals surface area contributed by atoms with Crippen LogP contribution in [-0.2, 0) is 9.47 Å². The van der Waals surface area contributed by atoms with Gasteiger partial charge in [-0.05, 0) is 76.7 Å². The fourth-order valence-corrected chi connectivity index (χ4v) is 5.70. The monoisotopic (exact) mass is 664 g/mol. The van der Waals surface area contributed by atoms with Crippen LogP contribution in [0.4, 0.5) is 4.79 Å². The molecule has 2 atom stereocenters. The van der Waals surface area contributed by atoms with Crippen molar-refractivity contribution < 1.29 is 24.2 Å². The quantitative estimate of drug-likeness (QED) is 0.268. The van der Waals surface area contributed by atoms with Gasteiger partial charge in [0, 0.05) is 52.2 Å². The van der Waals surface area contributed by atoms with Crippen molar-refractivity contribution in [2.45, 2.75) is 77.2 Å². The van der Waals surface area contributed by atoms with Crippen LogP contribution in [-0.4, -0.2) is 142 Å². The van der Waals surface area contributed by atoms with Gasteiger partial charge in [-0.2, -0.15) is 11.8 Å². The predicted octanol–water partition coefficient (Wildman–Crippen LogP) is 5.95. The minimum atomic E-state index is -0.879. The molecule has 0 radical (unpaired) electrons. The van der Waals surface area contributed by atoms with E-state index in [1.54, 1.807) is 50.6 Å². The molecule has 262 valence electrons. The summed E-state index contributed by atoms with van der Waals surface area (Å²) < 4.78 is 10.6. The van der Waals surface area contributed by atoms with Crippen LogP contribution in [0.1, 0.15) is 69.2 Å². The van der Waals surface area contributed by atoms with Gasteiger partial charge in [0.1, 0.15) is 6.23 Å². The largest absolute Gasteiger partial charge is 0.478 e. The molecule has 1 aromatic carbocycles. The van der Waals surface area contributed by atoms with E-state index in [0.717, 1.165) is 44.5 Å². The van der Waals surface area contributed by atoms with Gasteiger partial charge in [-0.3, -0.25) is 9.98 Å². The summed E-state index contributed by atoms with van der Waals surface area (Å²) in [5, 5.41) is 8.38. The van der Waals surface area contributed by atoms with Crippen LogP contribution in [0, 0.1) is 0 Å². The highest BCUT2D eigenvalue weighted by Crippen LogP contribution is 2.23. The number of carboxylic acids is 1. The molecular weight excluding hydrogens is 604 g/mol. The van der Waals surface area contributed by atoms with Crippen molar-refractivity contribution in [3.8, 4) is 0 Å². The van der Waals surface area contributed by atoms with E-state index < -0.39 is 5.97 Å². The summed E-state index contributed by atoms with van der Waals surface area (Å²) in [6.07, 6.45) is 14.7. The van der Waals surface area contributed by atoms with E-state index in [1.807, 2.05) is 48.8 Å². The third kappa shape index (κ3) is 18.9. The van der Waals surface area contributed by atoms with Crippen molar-refractivity contribution in [2.75, 3.05) is 73.0 Å². The summed E-state index contributed by atoms with van der Waals surface area (Å²) in [5.74, 6) is 0.208. The van der Waals surface area contributed by atoms with Crippen molar-refractivity contribution in [3.63, 3.8) is 0 Å². The first-order valence-corrected chi connectivity index (χ1v) is 17.7. The Morgan fingerprint density at radius 3 is 2.17 bits per heavy atom. The summed E-state index contributed by atoms with van der Waals surface area (Å²) in [4.78, 5) is 39.4. The molecule has 3 fully saturated rings. The maximum atomic E-state index is 11.3. The Hall–Kier alpha value is -2.96. The number of hydrogen-bond donors (Lipinski definition) is 1. The number of carboxylic acid groups (broad SMARTS) is 1. The van der Waals surface area contributed by atoms with Crippen LogP contribution in [0.25, 0.3) is 0 Å². The van der Waals surface area contributed by atoms with Gasteiger partial charge in [-0.25, -0.2) is 9.59 Å². The number of benzene rings is 1. The van der Waals surface area contributed by atoms with E-state index in [-0.39, 0.29) is 12.3 Å². The van der Waals surface area contributed by atoms with Gasteiger partial charge >= 0.3 is 12.1 Å². The summed E-state index contributed by atoms with van der Waals surface area (Å²) in [7, 11) is 6.87. The molecule has 0 aromatic heterocycles. The molecule has 3 heterocycles. The lowest BCUT2D eigenvalue weighted by molar-refractivity contribution is -0.00265. The highest BCUT2D eigenvalue weighted by molar-refractivity contribution is 7.98. The SMILES string of the molecule is C=NC.CC.CN=CCN=CN(C)C1CCC(CSC)O1.COC(=O)N1CCC(N2CCCCC2)CC1.O=C(O)c1ccccc1. The smallest absolute Gasteiger partial charge is 0.409 e. The third-order valence-electron chi connectivity index (χ3n) is 7.35. The molecule has 3 saturated heterocycles. The van der Waals surface area contributed by atoms with Gasteiger partial charge in [-0.15, -0.1) is 0 Å². The van der Waals surface area contributed by atoms with Gasteiger partial charge in [0.25, 0.3) is 0 Å². The second kappa shape index (κ2) is 28.3. The molecule has 1 aromatic rings. The van der Waals surface area contributed by atoms with Crippen LogP contribution >= 0.6 is 11.8 Å².